The van der Waals surface area contributed by atoms with E-state index in [1.807, 2.05) is 0 Å². The summed E-state index contributed by atoms with van der Waals surface area (Å²) in [4.78, 5) is 11.3. The molecule has 0 aliphatic carbocycles. The van der Waals surface area contributed by atoms with Gasteiger partial charge in [-0.05, 0) is 12.1 Å². The van der Waals surface area contributed by atoms with E-state index in [0.29, 0.717) is 11.3 Å². The average molecular weight is 194 g/mol. The van der Waals surface area contributed by atoms with Crippen molar-refractivity contribution >= 4 is 11.0 Å². The van der Waals surface area contributed by atoms with Crippen LogP contribution in [0.15, 0.2) is 33.7 Å². The Balaban J connectivity index is 2.81. The molecule has 1 heterocycles. The topological polar surface area (TPSA) is 39.4 Å². The van der Waals surface area contributed by atoms with Gasteiger partial charge in [-0.2, -0.15) is 4.39 Å². The van der Waals surface area contributed by atoms with Crippen molar-refractivity contribution in [3.8, 4) is 5.75 Å². The third-order valence-electron chi connectivity index (χ3n) is 1.94. The van der Waals surface area contributed by atoms with Crippen molar-refractivity contribution < 1.29 is 13.5 Å². The molecule has 1 aromatic heterocycles. The minimum Gasteiger partial charge on any atom is -0.497 e. The quantitative estimate of drug-likeness (QED) is 0.696. The minimum atomic E-state index is -0.886. The van der Waals surface area contributed by atoms with Crippen LogP contribution in [0.2, 0.25) is 0 Å². The molecule has 0 saturated carbocycles. The van der Waals surface area contributed by atoms with Gasteiger partial charge in [0, 0.05) is 6.07 Å². The molecule has 0 saturated heterocycles. The van der Waals surface area contributed by atoms with Gasteiger partial charge in [-0.25, -0.2) is 0 Å². The van der Waals surface area contributed by atoms with Gasteiger partial charge in [-0.1, -0.05) is 0 Å². The smallest absolute Gasteiger partial charge is 0.228 e. The first-order valence-corrected chi connectivity index (χ1v) is 3.97. The van der Waals surface area contributed by atoms with Gasteiger partial charge >= 0.3 is 0 Å². The molecule has 2 aromatic rings. The molecule has 3 nitrogen and oxygen atoms in total. The first kappa shape index (κ1) is 8.74. The maximum atomic E-state index is 12.8. The molecule has 72 valence electrons. The van der Waals surface area contributed by atoms with Gasteiger partial charge in [0.15, 0.2) is 0 Å². The number of halogens is 1. The van der Waals surface area contributed by atoms with E-state index < -0.39 is 11.2 Å². The van der Waals surface area contributed by atoms with E-state index in [0.717, 1.165) is 6.26 Å². The Hall–Kier alpha value is -1.84. The van der Waals surface area contributed by atoms with Crippen molar-refractivity contribution in [3.63, 3.8) is 0 Å². The molecule has 0 fully saturated rings. The lowest BCUT2D eigenvalue weighted by Crippen LogP contribution is -2.05. The molecule has 4 heteroatoms. The van der Waals surface area contributed by atoms with Crippen LogP contribution < -0.4 is 10.2 Å². The summed E-state index contributed by atoms with van der Waals surface area (Å²) in [5.41, 5.74) is -0.343. The summed E-state index contributed by atoms with van der Waals surface area (Å²) >= 11 is 0. The summed E-state index contributed by atoms with van der Waals surface area (Å²) in [6.45, 7) is 0. The highest BCUT2D eigenvalue weighted by molar-refractivity contribution is 5.77. The summed E-state index contributed by atoms with van der Waals surface area (Å²) in [6.07, 6.45) is 0.796. The highest BCUT2D eigenvalue weighted by Gasteiger charge is 2.06. The van der Waals surface area contributed by atoms with Gasteiger partial charge in [0.05, 0.1) is 12.5 Å². The SMILES string of the molecule is COc1ccc2c(=O)c(F)coc2c1. The zero-order valence-corrected chi connectivity index (χ0v) is 7.41. The fourth-order valence-electron chi connectivity index (χ4n) is 1.21. The van der Waals surface area contributed by atoms with Gasteiger partial charge in [-0.3, -0.25) is 4.79 Å². The zero-order chi connectivity index (χ0) is 10.1. The molecule has 0 spiro atoms. The van der Waals surface area contributed by atoms with E-state index in [9.17, 15) is 9.18 Å². The number of methoxy groups -OCH3 is 1. The van der Waals surface area contributed by atoms with Crippen LogP contribution in [0.3, 0.4) is 0 Å². The summed E-state index contributed by atoms with van der Waals surface area (Å²) < 4.78 is 22.6. The first-order chi connectivity index (χ1) is 6.72. The van der Waals surface area contributed by atoms with Crippen molar-refractivity contribution in [2.45, 2.75) is 0 Å². The van der Waals surface area contributed by atoms with Crippen LogP contribution in [-0.2, 0) is 0 Å². The second-order valence-electron chi connectivity index (χ2n) is 2.77. The van der Waals surface area contributed by atoms with E-state index in [2.05, 4.69) is 0 Å². The predicted molar refractivity (Wildman–Crippen MR) is 49.0 cm³/mol. The fourth-order valence-corrected chi connectivity index (χ4v) is 1.21. The molecule has 0 aliphatic rings. The van der Waals surface area contributed by atoms with Crippen molar-refractivity contribution in [1.82, 2.24) is 0 Å². The van der Waals surface area contributed by atoms with Gasteiger partial charge in [-0.15, -0.1) is 0 Å². The van der Waals surface area contributed by atoms with E-state index in [4.69, 9.17) is 9.15 Å². The standard InChI is InChI=1S/C10H7FO3/c1-13-6-2-3-7-9(4-6)14-5-8(11)10(7)12/h2-5H,1H3. The van der Waals surface area contributed by atoms with Crippen molar-refractivity contribution in [1.29, 1.82) is 0 Å². The highest BCUT2D eigenvalue weighted by Crippen LogP contribution is 2.18. The van der Waals surface area contributed by atoms with Crippen molar-refractivity contribution in [3.05, 3.63) is 40.5 Å². The van der Waals surface area contributed by atoms with E-state index in [1.54, 1.807) is 6.07 Å². The Bertz CT molecular complexity index is 530. The molecular formula is C10H7FO3. The second-order valence-corrected chi connectivity index (χ2v) is 2.77. The zero-order valence-electron chi connectivity index (χ0n) is 7.41. The molecule has 0 bridgehead atoms. The number of hydrogen-bond acceptors (Lipinski definition) is 3. The Morgan fingerprint density at radius 1 is 1.43 bits per heavy atom. The molecule has 0 radical (unpaired) electrons. The lowest BCUT2D eigenvalue weighted by atomic mass is 10.2. The van der Waals surface area contributed by atoms with Crippen LogP contribution in [0, 0.1) is 5.82 Å². The maximum Gasteiger partial charge on any atom is 0.228 e. The second kappa shape index (κ2) is 3.14. The molecule has 0 atom stereocenters. The fraction of sp³-hybridized carbons (Fsp3) is 0.100. The molecule has 0 N–H and O–H groups in total. The summed E-state index contributed by atoms with van der Waals surface area (Å²) in [7, 11) is 1.50. The normalized spacial score (nSPS) is 10.4. The molecule has 2 rings (SSSR count). The molecule has 0 unspecified atom stereocenters. The Kier molecular flexibility index (Phi) is 1.96. The first-order valence-electron chi connectivity index (χ1n) is 3.97. The molecule has 1 aromatic carbocycles. The minimum absolute atomic E-state index is 0.214. The van der Waals surface area contributed by atoms with E-state index in [1.165, 1.54) is 19.2 Å². The van der Waals surface area contributed by atoms with Crippen molar-refractivity contribution in [2.75, 3.05) is 7.11 Å². The number of rotatable bonds is 1. The van der Waals surface area contributed by atoms with Gasteiger partial charge in [0.2, 0.25) is 11.2 Å². The van der Waals surface area contributed by atoms with Crippen LogP contribution in [0.1, 0.15) is 0 Å². The lowest BCUT2D eigenvalue weighted by molar-refractivity contribution is 0.414. The van der Waals surface area contributed by atoms with Gasteiger partial charge < -0.3 is 9.15 Å². The maximum absolute atomic E-state index is 12.8. The third-order valence-corrected chi connectivity index (χ3v) is 1.94. The van der Waals surface area contributed by atoms with E-state index in [-0.39, 0.29) is 5.39 Å². The number of fused-ring (bicyclic) bond motifs is 1. The summed E-state index contributed by atoms with van der Waals surface area (Å²) in [5.74, 6) is -0.324. The van der Waals surface area contributed by atoms with Crippen LogP contribution in [0.4, 0.5) is 4.39 Å². The summed E-state index contributed by atoms with van der Waals surface area (Å²) in [6, 6.07) is 4.60. The van der Waals surface area contributed by atoms with Crippen molar-refractivity contribution in [2.24, 2.45) is 0 Å². The van der Waals surface area contributed by atoms with Crippen LogP contribution in [0.25, 0.3) is 11.0 Å². The van der Waals surface area contributed by atoms with E-state index >= 15 is 0 Å². The number of ether oxygens (including phenoxy) is 1. The van der Waals surface area contributed by atoms with Crippen LogP contribution in [0.5, 0.6) is 5.75 Å². The molecule has 0 aliphatic heterocycles. The Morgan fingerprint density at radius 3 is 2.93 bits per heavy atom. The number of hydrogen-bond donors (Lipinski definition) is 0. The summed E-state index contributed by atoms with van der Waals surface area (Å²) in [5, 5.41) is 0.214. The molecule has 0 amide bonds. The molecule has 14 heavy (non-hydrogen) atoms. The lowest BCUT2D eigenvalue weighted by Gasteiger charge is -2.00. The van der Waals surface area contributed by atoms with Crippen LogP contribution in [-0.4, -0.2) is 7.11 Å². The monoisotopic (exact) mass is 194 g/mol. The van der Waals surface area contributed by atoms with Crippen LogP contribution >= 0.6 is 0 Å². The Morgan fingerprint density at radius 2 is 2.21 bits per heavy atom. The largest absolute Gasteiger partial charge is 0.497 e. The highest BCUT2D eigenvalue weighted by atomic mass is 19.1. The Labute approximate surface area is 78.7 Å². The van der Waals surface area contributed by atoms with Gasteiger partial charge in [0.25, 0.3) is 0 Å². The predicted octanol–water partition coefficient (Wildman–Crippen LogP) is 1.94. The van der Waals surface area contributed by atoms with Gasteiger partial charge in [0.1, 0.15) is 17.6 Å². The molecular weight excluding hydrogens is 187 g/mol. The third kappa shape index (κ3) is 1.25. The average Bonchev–Trinajstić information content (AvgIpc) is 2.23. The number of benzene rings is 1.